The van der Waals surface area contributed by atoms with E-state index in [-0.39, 0.29) is 17.4 Å². The molecule has 1 aliphatic heterocycles. The van der Waals surface area contributed by atoms with Crippen molar-refractivity contribution in [1.29, 1.82) is 0 Å². The number of carbonyl (C=O) groups excluding carboxylic acids is 1. The Bertz CT molecular complexity index is 859. The van der Waals surface area contributed by atoms with Gasteiger partial charge >= 0.3 is 0 Å². The number of piperidine rings is 1. The second kappa shape index (κ2) is 6.62. The summed E-state index contributed by atoms with van der Waals surface area (Å²) in [5, 5.41) is 11.3. The first-order chi connectivity index (χ1) is 12.9. The number of likely N-dealkylation sites (tertiary alicyclic amines) is 1. The van der Waals surface area contributed by atoms with Crippen LogP contribution in [0.25, 0.3) is 0 Å². The van der Waals surface area contributed by atoms with E-state index in [9.17, 15) is 9.90 Å². The van der Waals surface area contributed by atoms with Gasteiger partial charge in [-0.1, -0.05) is 24.3 Å². The van der Waals surface area contributed by atoms with Crippen molar-refractivity contribution < 1.29 is 9.90 Å². The zero-order valence-electron chi connectivity index (χ0n) is 15.8. The van der Waals surface area contributed by atoms with Crippen molar-refractivity contribution in [2.24, 2.45) is 0 Å². The summed E-state index contributed by atoms with van der Waals surface area (Å²) in [5.41, 5.74) is 8.83. The van der Waals surface area contributed by atoms with E-state index >= 15 is 0 Å². The summed E-state index contributed by atoms with van der Waals surface area (Å²) in [5.74, 6) is -0.0953. The second-order valence-electron chi connectivity index (χ2n) is 7.86. The van der Waals surface area contributed by atoms with Gasteiger partial charge in [0.1, 0.15) is 5.69 Å². The van der Waals surface area contributed by atoms with E-state index in [1.807, 2.05) is 31.1 Å². The maximum absolute atomic E-state index is 12.8. The maximum atomic E-state index is 12.8. The van der Waals surface area contributed by atoms with E-state index in [1.54, 1.807) is 18.3 Å². The molecule has 1 amide bonds. The average molecular weight is 366 g/mol. The van der Waals surface area contributed by atoms with Gasteiger partial charge in [0.2, 0.25) is 0 Å². The van der Waals surface area contributed by atoms with Gasteiger partial charge < -0.3 is 20.6 Å². The summed E-state index contributed by atoms with van der Waals surface area (Å²) in [6.07, 6.45) is 2.56. The van der Waals surface area contributed by atoms with Gasteiger partial charge in [-0.3, -0.25) is 9.78 Å². The molecule has 1 fully saturated rings. The fraction of sp³-hybridized carbons (Fsp3) is 0.429. The molecule has 0 radical (unpaired) electrons. The van der Waals surface area contributed by atoms with Gasteiger partial charge in [0, 0.05) is 30.4 Å². The van der Waals surface area contributed by atoms with Crippen molar-refractivity contribution in [2.75, 3.05) is 32.9 Å². The van der Waals surface area contributed by atoms with Crippen LogP contribution in [0.2, 0.25) is 0 Å². The molecule has 4 rings (SSSR count). The zero-order chi connectivity index (χ0) is 19.2. The molecule has 2 atom stereocenters. The molecule has 3 N–H and O–H groups in total. The number of pyridine rings is 1. The number of nitrogens with zero attached hydrogens (tertiary/aromatic N) is 3. The monoisotopic (exact) mass is 366 g/mol. The molecule has 1 spiro atoms. The van der Waals surface area contributed by atoms with Gasteiger partial charge in [-0.2, -0.15) is 0 Å². The number of amides is 1. The summed E-state index contributed by atoms with van der Waals surface area (Å²) < 4.78 is 0. The Morgan fingerprint density at radius 3 is 2.63 bits per heavy atom. The minimum atomic E-state index is -0.479. The fourth-order valence-corrected chi connectivity index (χ4v) is 4.80. The number of aliphatic hydroxyl groups excluding tert-OH is 1. The van der Waals surface area contributed by atoms with E-state index < -0.39 is 6.10 Å². The van der Waals surface area contributed by atoms with E-state index in [0.29, 0.717) is 24.5 Å². The number of rotatable bonds is 2. The minimum absolute atomic E-state index is 0.0148. The zero-order valence-corrected chi connectivity index (χ0v) is 15.8. The van der Waals surface area contributed by atoms with Crippen molar-refractivity contribution in [1.82, 2.24) is 14.8 Å². The van der Waals surface area contributed by atoms with Gasteiger partial charge in [-0.15, -0.1) is 0 Å². The van der Waals surface area contributed by atoms with Gasteiger partial charge in [-0.05, 0) is 50.2 Å². The number of hydrogen-bond acceptors (Lipinski definition) is 5. The molecule has 2 aliphatic rings. The van der Waals surface area contributed by atoms with Crippen LogP contribution >= 0.6 is 0 Å². The fourth-order valence-electron chi connectivity index (χ4n) is 4.80. The van der Waals surface area contributed by atoms with E-state index in [2.05, 4.69) is 22.0 Å². The highest BCUT2D eigenvalue weighted by Crippen LogP contribution is 2.52. The smallest absolute Gasteiger partial charge is 0.272 e. The van der Waals surface area contributed by atoms with Gasteiger partial charge in [-0.25, -0.2) is 0 Å². The third-order valence-electron chi connectivity index (χ3n) is 6.18. The Kier molecular flexibility index (Phi) is 4.40. The Balaban J connectivity index is 1.59. The summed E-state index contributed by atoms with van der Waals surface area (Å²) >= 11 is 0. The Morgan fingerprint density at radius 1 is 1.26 bits per heavy atom. The highest BCUT2D eigenvalue weighted by Gasteiger charge is 2.53. The average Bonchev–Trinajstić information content (AvgIpc) is 2.90. The van der Waals surface area contributed by atoms with Crippen LogP contribution in [0.3, 0.4) is 0 Å². The molecular formula is C21H26N4O2. The SMILES string of the molecule is CN(C)[C@@H]1c2ccccc2C2(CCN(C(=O)c3cc(N)ccn3)CC2)[C@H]1O. The van der Waals surface area contributed by atoms with Crippen molar-refractivity contribution in [3.63, 3.8) is 0 Å². The standard InChI is InChI=1S/C21H26N4O2/c1-24(2)18-15-5-3-4-6-16(15)21(19(18)26)8-11-25(12-9-21)20(27)17-13-14(22)7-10-23-17/h3-7,10,13,18-19,26H,8-9,11-12H2,1-2H3,(H2,22,23)/t18-,19+/m1/s1. The maximum Gasteiger partial charge on any atom is 0.272 e. The largest absolute Gasteiger partial charge is 0.399 e. The number of benzene rings is 1. The van der Waals surface area contributed by atoms with Crippen molar-refractivity contribution in [2.45, 2.75) is 30.4 Å². The lowest BCUT2D eigenvalue weighted by atomic mass is 9.72. The molecule has 6 heteroatoms. The van der Waals surface area contributed by atoms with Gasteiger partial charge in [0.25, 0.3) is 5.91 Å². The van der Waals surface area contributed by atoms with Crippen molar-refractivity contribution >= 4 is 11.6 Å². The third kappa shape index (κ3) is 2.80. The van der Waals surface area contributed by atoms with Crippen molar-refractivity contribution in [3.8, 4) is 0 Å². The minimum Gasteiger partial charge on any atom is -0.399 e. The molecule has 0 saturated carbocycles. The number of nitrogen functional groups attached to an aromatic ring is 1. The van der Waals surface area contributed by atoms with Crippen LogP contribution in [-0.2, 0) is 5.41 Å². The number of hydrogen-bond donors (Lipinski definition) is 2. The Hall–Kier alpha value is -2.44. The first kappa shape index (κ1) is 17.9. The van der Waals surface area contributed by atoms with E-state index in [1.165, 1.54) is 11.1 Å². The quantitative estimate of drug-likeness (QED) is 0.847. The van der Waals surface area contributed by atoms with Crippen LogP contribution in [0.1, 0.15) is 40.5 Å². The lowest BCUT2D eigenvalue weighted by molar-refractivity contribution is -0.00154. The van der Waals surface area contributed by atoms with Gasteiger partial charge in [0.15, 0.2) is 0 Å². The molecule has 27 heavy (non-hydrogen) atoms. The number of aromatic nitrogens is 1. The molecule has 2 aromatic rings. The number of anilines is 1. The Morgan fingerprint density at radius 2 is 1.96 bits per heavy atom. The number of fused-ring (bicyclic) bond motifs is 2. The van der Waals surface area contributed by atoms with Crippen LogP contribution in [0.15, 0.2) is 42.6 Å². The Labute approximate surface area is 159 Å². The van der Waals surface area contributed by atoms with E-state index in [0.717, 1.165) is 12.8 Å². The van der Waals surface area contributed by atoms with Crippen LogP contribution in [-0.4, -0.2) is 59.1 Å². The summed E-state index contributed by atoms with van der Waals surface area (Å²) in [6, 6.07) is 11.6. The van der Waals surface area contributed by atoms with Crippen LogP contribution in [0.4, 0.5) is 5.69 Å². The number of carbonyl (C=O) groups is 1. The summed E-state index contributed by atoms with van der Waals surface area (Å²) in [4.78, 5) is 20.9. The molecule has 6 nitrogen and oxygen atoms in total. The molecule has 1 aromatic carbocycles. The van der Waals surface area contributed by atoms with Crippen molar-refractivity contribution in [3.05, 3.63) is 59.4 Å². The molecule has 0 unspecified atom stereocenters. The first-order valence-corrected chi connectivity index (χ1v) is 9.39. The number of aliphatic hydroxyl groups is 1. The third-order valence-corrected chi connectivity index (χ3v) is 6.18. The topological polar surface area (TPSA) is 82.7 Å². The van der Waals surface area contributed by atoms with Gasteiger partial charge in [0.05, 0.1) is 12.1 Å². The molecule has 0 bridgehead atoms. The summed E-state index contributed by atoms with van der Waals surface area (Å²) in [7, 11) is 4.02. The predicted molar refractivity (Wildman–Crippen MR) is 104 cm³/mol. The molecular weight excluding hydrogens is 340 g/mol. The normalized spacial score (nSPS) is 23.6. The summed E-state index contributed by atoms with van der Waals surface area (Å²) in [6.45, 7) is 1.20. The molecule has 1 aliphatic carbocycles. The molecule has 142 valence electrons. The molecule has 1 aromatic heterocycles. The lowest BCUT2D eigenvalue weighted by Crippen LogP contribution is -2.50. The lowest BCUT2D eigenvalue weighted by Gasteiger charge is -2.43. The van der Waals surface area contributed by atoms with Crippen LogP contribution in [0.5, 0.6) is 0 Å². The number of nitrogens with two attached hydrogens (primary N) is 1. The highest BCUT2D eigenvalue weighted by atomic mass is 16.3. The first-order valence-electron chi connectivity index (χ1n) is 9.39. The molecule has 1 saturated heterocycles. The predicted octanol–water partition coefficient (Wildman–Crippen LogP) is 1.81. The van der Waals surface area contributed by atoms with Crippen LogP contribution in [0, 0.1) is 0 Å². The number of likely N-dealkylation sites (N-methyl/N-ethyl adjacent to an activating group) is 1. The van der Waals surface area contributed by atoms with E-state index in [4.69, 9.17) is 5.73 Å². The van der Waals surface area contributed by atoms with Crippen LogP contribution < -0.4 is 5.73 Å². The highest BCUT2D eigenvalue weighted by molar-refractivity contribution is 5.93. The molecule has 2 heterocycles. The second-order valence-corrected chi connectivity index (χ2v) is 7.86.